The molecule has 0 heterocycles. The molecule has 1 atom stereocenters. The van der Waals surface area contributed by atoms with E-state index in [9.17, 15) is 19.8 Å². The fourth-order valence-corrected chi connectivity index (χ4v) is 4.14. The van der Waals surface area contributed by atoms with Crippen LogP contribution >= 0.6 is 0 Å². The number of unbranched alkanes of at least 4 members (excludes halogenated alkanes) is 1. The summed E-state index contributed by atoms with van der Waals surface area (Å²) in [5.74, 6) is -0.306. The maximum atomic E-state index is 12.5. The van der Waals surface area contributed by atoms with Crippen molar-refractivity contribution in [1.29, 1.82) is 0 Å². The van der Waals surface area contributed by atoms with Gasteiger partial charge in [0.15, 0.2) is 0 Å². The molecule has 0 radical (unpaired) electrons. The van der Waals surface area contributed by atoms with Gasteiger partial charge in [-0.1, -0.05) is 44.0 Å². The number of benzene rings is 3. The molecular weight excluding hydrogens is 454 g/mol. The summed E-state index contributed by atoms with van der Waals surface area (Å²) in [6.07, 6.45) is 3.09. The Morgan fingerprint density at radius 2 is 1.58 bits per heavy atom. The molecule has 3 aromatic carbocycles. The number of carboxylic acids is 1. The predicted octanol–water partition coefficient (Wildman–Crippen LogP) is 5.92. The SMILES string of the molecule is CCCCC(Cc1ccc(OCCNC(=O)c2ccc(-c3cc(C)c(O)c(C)c3)cc2)cc1)C(=O)O. The fourth-order valence-electron chi connectivity index (χ4n) is 4.14. The summed E-state index contributed by atoms with van der Waals surface area (Å²) in [4.78, 5) is 23.9. The molecule has 0 fully saturated rings. The summed E-state index contributed by atoms with van der Waals surface area (Å²) < 4.78 is 5.72. The van der Waals surface area contributed by atoms with Crippen LogP contribution in [0.3, 0.4) is 0 Å². The average Bonchev–Trinajstić information content (AvgIpc) is 2.88. The van der Waals surface area contributed by atoms with Crippen LogP contribution in [0.4, 0.5) is 0 Å². The average molecular weight is 490 g/mol. The molecule has 36 heavy (non-hydrogen) atoms. The minimum atomic E-state index is -0.750. The second kappa shape index (κ2) is 12.8. The van der Waals surface area contributed by atoms with Crippen LogP contribution in [0.15, 0.2) is 60.7 Å². The molecule has 3 aromatic rings. The van der Waals surface area contributed by atoms with E-state index >= 15 is 0 Å². The quantitative estimate of drug-likeness (QED) is 0.275. The van der Waals surface area contributed by atoms with Crippen LogP contribution in [0.25, 0.3) is 11.1 Å². The van der Waals surface area contributed by atoms with Crippen molar-refractivity contribution in [2.45, 2.75) is 46.5 Å². The van der Waals surface area contributed by atoms with Crippen molar-refractivity contribution in [2.75, 3.05) is 13.2 Å². The Bertz CT molecular complexity index is 1150. The van der Waals surface area contributed by atoms with Crippen molar-refractivity contribution in [3.8, 4) is 22.6 Å². The van der Waals surface area contributed by atoms with Gasteiger partial charge in [0.25, 0.3) is 5.91 Å². The monoisotopic (exact) mass is 489 g/mol. The zero-order valence-electron chi connectivity index (χ0n) is 21.2. The summed E-state index contributed by atoms with van der Waals surface area (Å²) in [6, 6.07) is 18.7. The largest absolute Gasteiger partial charge is 0.507 e. The summed E-state index contributed by atoms with van der Waals surface area (Å²) in [5.41, 5.74) is 5.14. The third-order valence-electron chi connectivity index (χ3n) is 6.29. The molecule has 0 aliphatic carbocycles. The van der Waals surface area contributed by atoms with Gasteiger partial charge in [-0.15, -0.1) is 0 Å². The van der Waals surface area contributed by atoms with Crippen molar-refractivity contribution < 1.29 is 24.5 Å². The van der Waals surface area contributed by atoms with Crippen molar-refractivity contribution in [3.05, 3.63) is 82.9 Å². The number of aromatic hydroxyl groups is 1. The van der Waals surface area contributed by atoms with E-state index in [-0.39, 0.29) is 11.8 Å². The zero-order chi connectivity index (χ0) is 26.1. The summed E-state index contributed by atoms with van der Waals surface area (Å²) >= 11 is 0. The Labute approximate surface area is 212 Å². The molecule has 6 heteroatoms. The van der Waals surface area contributed by atoms with E-state index < -0.39 is 5.97 Å². The van der Waals surface area contributed by atoms with Crippen LogP contribution in [-0.2, 0) is 11.2 Å². The Hall–Kier alpha value is -3.80. The molecule has 0 bridgehead atoms. The highest BCUT2D eigenvalue weighted by atomic mass is 16.5. The van der Waals surface area contributed by atoms with Gasteiger partial charge in [-0.3, -0.25) is 9.59 Å². The summed E-state index contributed by atoms with van der Waals surface area (Å²) in [7, 11) is 0. The number of phenols is 1. The molecule has 6 nitrogen and oxygen atoms in total. The summed E-state index contributed by atoms with van der Waals surface area (Å²) in [5, 5.41) is 22.2. The molecule has 3 rings (SSSR count). The van der Waals surface area contributed by atoms with Gasteiger partial charge in [-0.2, -0.15) is 0 Å². The van der Waals surface area contributed by atoms with Gasteiger partial charge in [0.1, 0.15) is 18.1 Å². The highest BCUT2D eigenvalue weighted by Crippen LogP contribution is 2.29. The van der Waals surface area contributed by atoms with Crippen LogP contribution in [0, 0.1) is 19.8 Å². The minimum absolute atomic E-state index is 0.176. The number of hydrogen-bond acceptors (Lipinski definition) is 4. The highest BCUT2D eigenvalue weighted by Gasteiger charge is 2.17. The normalized spacial score (nSPS) is 11.6. The van der Waals surface area contributed by atoms with Crippen LogP contribution < -0.4 is 10.1 Å². The molecule has 1 amide bonds. The molecule has 0 saturated carbocycles. The third-order valence-corrected chi connectivity index (χ3v) is 6.29. The van der Waals surface area contributed by atoms with E-state index in [4.69, 9.17) is 4.74 Å². The Balaban J connectivity index is 1.46. The van der Waals surface area contributed by atoms with Gasteiger partial charge < -0.3 is 20.3 Å². The third kappa shape index (κ3) is 7.35. The molecule has 190 valence electrons. The maximum absolute atomic E-state index is 12.5. The van der Waals surface area contributed by atoms with Gasteiger partial charge in [-0.05, 0) is 90.9 Å². The van der Waals surface area contributed by atoms with E-state index in [1.54, 1.807) is 12.1 Å². The number of ether oxygens (including phenoxy) is 1. The van der Waals surface area contributed by atoms with Gasteiger partial charge in [0, 0.05) is 5.56 Å². The first-order valence-corrected chi connectivity index (χ1v) is 12.4. The number of carboxylic acid groups (broad SMARTS) is 1. The topological polar surface area (TPSA) is 95.9 Å². The number of amides is 1. The first-order chi connectivity index (χ1) is 17.3. The lowest BCUT2D eigenvalue weighted by atomic mass is 9.94. The number of aliphatic carboxylic acids is 1. The van der Waals surface area contributed by atoms with Gasteiger partial charge in [0.05, 0.1) is 12.5 Å². The van der Waals surface area contributed by atoms with Crippen molar-refractivity contribution in [3.63, 3.8) is 0 Å². The Morgan fingerprint density at radius 3 is 2.17 bits per heavy atom. The number of carbonyl (C=O) groups excluding carboxylic acids is 1. The van der Waals surface area contributed by atoms with Crippen LogP contribution in [0.5, 0.6) is 11.5 Å². The number of rotatable bonds is 12. The number of carbonyl (C=O) groups is 2. The van der Waals surface area contributed by atoms with Gasteiger partial charge >= 0.3 is 5.97 Å². The van der Waals surface area contributed by atoms with Gasteiger partial charge in [-0.25, -0.2) is 0 Å². The first kappa shape index (κ1) is 26.8. The van der Waals surface area contributed by atoms with Crippen LogP contribution in [0.1, 0.15) is 53.2 Å². The molecule has 3 N–H and O–H groups in total. The predicted molar refractivity (Wildman–Crippen MR) is 142 cm³/mol. The second-order valence-electron chi connectivity index (χ2n) is 9.17. The molecule has 0 aromatic heterocycles. The van der Waals surface area contributed by atoms with Crippen LogP contribution in [-0.4, -0.2) is 35.2 Å². The van der Waals surface area contributed by atoms with Gasteiger partial charge in [0.2, 0.25) is 0 Å². The lowest BCUT2D eigenvalue weighted by molar-refractivity contribution is -0.142. The molecule has 0 aliphatic rings. The number of phenolic OH excluding ortho intramolecular Hbond substituents is 1. The van der Waals surface area contributed by atoms with E-state index in [0.29, 0.717) is 43.1 Å². The minimum Gasteiger partial charge on any atom is -0.507 e. The van der Waals surface area contributed by atoms with Crippen LogP contribution in [0.2, 0.25) is 0 Å². The number of nitrogens with one attached hydrogen (secondary N) is 1. The molecule has 0 spiro atoms. The smallest absolute Gasteiger partial charge is 0.306 e. The molecule has 0 saturated heterocycles. The highest BCUT2D eigenvalue weighted by molar-refractivity contribution is 5.94. The molecular formula is C30H35NO5. The van der Waals surface area contributed by atoms with E-state index in [0.717, 1.165) is 40.7 Å². The maximum Gasteiger partial charge on any atom is 0.306 e. The van der Waals surface area contributed by atoms with Crippen molar-refractivity contribution in [2.24, 2.45) is 5.92 Å². The second-order valence-corrected chi connectivity index (χ2v) is 9.17. The standard InChI is InChI=1S/C30H35NO5/c1-4-5-6-25(30(34)35)19-22-7-13-27(14-8-22)36-16-15-31-29(33)24-11-9-23(10-12-24)26-17-20(2)28(32)21(3)18-26/h7-14,17-18,25,32H,4-6,15-16,19H2,1-3H3,(H,31,33)(H,34,35). The van der Waals surface area contributed by atoms with Crippen molar-refractivity contribution in [1.82, 2.24) is 5.32 Å². The number of aryl methyl sites for hydroxylation is 2. The zero-order valence-corrected chi connectivity index (χ0v) is 21.2. The molecule has 1 unspecified atom stereocenters. The molecule has 0 aliphatic heterocycles. The lowest BCUT2D eigenvalue weighted by Crippen LogP contribution is -2.28. The van der Waals surface area contributed by atoms with Crippen molar-refractivity contribution >= 4 is 11.9 Å². The number of hydrogen-bond donors (Lipinski definition) is 3. The van der Waals surface area contributed by atoms with E-state index in [2.05, 4.69) is 12.2 Å². The van der Waals surface area contributed by atoms with E-state index in [1.807, 2.05) is 62.4 Å². The fraction of sp³-hybridized carbons (Fsp3) is 0.333. The lowest BCUT2D eigenvalue weighted by Gasteiger charge is -2.13. The first-order valence-electron chi connectivity index (χ1n) is 12.4. The Morgan fingerprint density at radius 1 is 0.944 bits per heavy atom. The van der Waals surface area contributed by atoms with E-state index in [1.165, 1.54) is 0 Å². The Kier molecular flexibility index (Phi) is 9.51. The summed E-state index contributed by atoms with van der Waals surface area (Å²) in [6.45, 7) is 6.48.